The molecule has 0 unspecified atom stereocenters. The van der Waals surface area contributed by atoms with Crippen LogP contribution in [0.3, 0.4) is 0 Å². The highest BCUT2D eigenvalue weighted by atomic mass is 16.2. The van der Waals surface area contributed by atoms with Gasteiger partial charge in [0.15, 0.2) is 0 Å². The van der Waals surface area contributed by atoms with Crippen molar-refractivity contribution < 1.29 is 4.79 Å². The quantitative estimate of drug-likeness (QED) is 0.675. The fourth-order valence-corrected chi connectivity index (χ4v) is 2.72. The van der Waals surface area contributed by atoms with Crippen molar-refractivity contribution in [3.05, 3.63) is 70.9 Å². The van der Waals surface area contributed by atoms with Crippen LogP contribution in [-0.2, 0) is 6.42 Å². The molecule has 3 rings (SSSR count). The maximum atomic E-state index is 12.8. The molecule has 1 heterocycles. The van der Waals surface area contributed by atoms with Crippen LogP contribution < -0.4 is 0 Å². The molecule has 0 aliphatic carbocycles. The van der Waals surface area contributed by atoms with Crippen molar-refractivity contribution in [3.63, 3.8) is 0 Å². The summed E-state index contributed by atoms with van der Waals surface area (Å²) < 4.78 is 1.80. The highest BCUT2D eigenvalue weighted by molar-refractivity contribution is 6.03. The van der Waals surface area contributed by atoms with E-state index < -0.39 is 0 Å². The second-order valence-corrected chi connectivity index (χ2v) is 5.54. The molecule has 0 saturated carbocycles. The molecule has 0 saturated heterocycles. The zero-order valence-electron chi connectivity index (χ0n) is 12.7. The monoisotopic (exact) mass is 277 g/mol. The van der Waals surface area contributed by atoms with Gasteiger partial charge in [-0.05, 0) is 56.2 Å². The number of rotatable bonds is 2. The van der Waals surface area contributed by atoms with Crippen molar-refractivity contribution in [1.82, 2.24) is 4.57 Å². The lowest BCUT2D eigenvalue weighted by molar-refractivity contribution is 0.0963. The number of hydrogen-bond acceptors (Lipinski definition) is 1. The Morgan fingerprint density at radius 2 is 1.71 bits per heavy atom. The molecule has 1 aromatic heterocycles. The fourth-order valence-electron chi connectivity index (χ4n) is 2.72. The SMILES string of the molecule is CCc1ccc2c(c1)cc(C)n2C(=O)c1ccc(C)cc1. The molecule has 0 aliphatic heterocycles. The lowest BCUT2D eigenvalue weighted by atomic mass is 10.1. The summed E-state index contributed by atoms with van der Waals surface area (Å²) in [5.41, 5.74) is 5.13. The van der Waals surface area contributed by atoms with Crippen molar-refractivity contribution in [2.75, 3.05) is 0 Å². The first-order valence-corrected chi connectivity index (χ1v) is 7.32. The highest BCUT2D eigenvalue weighted by Gasteiger charge is 2.14. The number of aryl methyl sites for hydroxylation is 3. The first-order chi connectivity index (χ1) is 10.1. The molecular formula is C19H19NO. The molecule has 0 aliphatic rings. The maximum Gasteiger partial charge on any atom is 0.262 e. The van der Waals surface area contributed by atoms with Gasteiger partial charge in [-0.25, -0.2) is 0 Å². The standard InChI is InChI=1S/C19H19NO/c1-4-15-7-10-18-17(12-15)11-14(3)20(18)19(21)16-8-5-13(2)6-9-16/h5-12H,4H2,1-3H3. The minimum absolute atomic E-state index is 0.0340. The first kappa shape index (κ1) is 13.6. The summed E-state index contributed by atoms with van der Waals surface area (Å²) in [7, 11) is 0. The average Bonchev–Trinajstić information content (AvgIpc) is 2.82. The molecule has 0 N–H and O–H groups in total. The number of nitrogens with zero attached hydrogens (tertiary/aromatic N) is 1. The molecule has 0 atom stereocenters. The van der Waals surface area contributed by atoms with E-state index in [-0.39, 0.29) is 5.91 Å². The highest BCUT2D eigenvalue weighted by Crippen LogP contribution is 2.22. The fraction of sp³-hybridized carbons (Fsp3) is 0.211. The van der Waals surface area contributed by atoms with Crippen LogP contribution >= 0.6 is 0 Å². The largest absolute Gasteiger partial charge is 0.280 e. The summed E-state index contributed by atoms with van der Waals surface area (Å²) in [5.74, 6) is 0.0340. The Kier molecular flexibility index (Phi) is 3.38. The Morgan fingerprint density at radius 1 is 1.00 bits per heavy atom. The van der Waals surface area contributed by atoms with Crippen LogP contribution in [0.5, 0.6) is 0 Å². The Labute approximate surface area is 125 Å². The number of benzene rings is 2. The van der Waals surface area contributed by atoms with Gasteiger partial charge < -0.3 is 0 Å². The number of carbonyl (C=O) groups is 1. The maximum absolute atomic E-state index is 12.8. The van der Waals surface area contributed by atoms with E-state index in [1.807, 2.05) is 44.2 Å². The van der Waals surface area contributed by atoms with E-state index in [0.717, 1.165) is 34.1 Å². The van der Waals surface area contributed by atoms with Crippen LogP contribution in [0.15, 0.2) is 48.5 Å². The molecule has 21 heavy (non-hydrogen) atoms. The van der Waals surface area contributed by atoms with Gasteiger partial charge in [0, 0.05) is 16.6 Å². The zero-order chi connectivity index (χ0) is 15.0. The number of carbonyl (C=O) groups excluding carboxylic acids is 1. The van der Waals surface area contributed by atoms with Gasteiger partial charge in [-0.3, -0.25) is 9.36 Å². The minimum Gasteiger partial charge on any atom is -0.280 e. The Morgan fingerprint density at radius 3 is 2.38 bits per heavy atom. The lowest BCUT2D eigenvalue weighted by Gasteiger charge is -2.07. The number of fused-ring (bicyclic) bond motifs is 1. The van der Waals surface area contributed by atoms with Gasteiger partial charge in [-0.2, -0.15) is 0 Å². The second-order valence-electron chi connectivity index (χ2n) is 5.54. The molecule has 2 heteroatoms. The molecule has 0 amide bonds. The van der Waals surface area contributed by atoms with Gasteiger partial charge in [-0.15, -0.1) is 0 Å². The van der Waals surface area contributed by atoms with Gasteiger partial charge in [0.2, 0.25) is 0 Å². The average molecular weight is 277 g/mol. The molecule has 0 bridgehead atoms. The van der Waals surface area contributed by atoms with E-state index in [2.05, 4.69) is 25.1 Å². The first-order valence-electron chi connectivity index (χ1n) is 7.32. The van der Waals surface area contributed by atoms with E-state index in [1.54, 1.807) is 4.57 Å². The van der Waals surface area contributed by atoms with E-state index >= 15 is 0 Å². The predicted octanol–water partition coefficient (Wildman–Crippen LogP) is 4.51. The molecule has 0 spiro atoms. The van der Waals surface area contributed by atoms with Gasteiger partial charge >= 0.3 is 0 Å². The number of aromatic nitrogens is 1. The molecule has 2 aromatic carbocycles. The van der Waals surface area contributed by atoms with E-state index in [9.17, 15) is 4.79 Å². The summed E-state index contributed by atoms with van der Waals surface area (Å²) >= 11 is 0. The summed E-state index contributed by atoms with van der Waals surface area (Å²) in [4.78, 5) is 12.8. The summed E-state index contributed by atoms with van der Waals surface area (Å²) in [6, 6.07) is 16.1. The molecule has 0 fully saturated rings. The van der Waals surface area contributed by atoms with Crippen molar-refractivity contribution in [2.45, 2.75) is 27.2 Å². The summed E-state index contributed by atoms with van der Waals surface area (Å²) in [6.07, 6.45) is 1.01. The second kappa shape index (κ2) is 5.21. The van der Waals surface area contributed by atoms with E-state index in [1.165, 1.54) is 5.56 Å². The summed E-state index contributed by atoms with van der Waals surface area (Å²) in [6.45, 7) is 6.15. The van der Waals surface area contributed by atoms with Crippen LogP contribution in [0.2, 0.25) is 0 Å². The van der Waals surface area contributed by atoms with Crippen LogP contribution in [0.25, 0.3) is 10.9 Å². The third-order valence-electron chi connectivity index (χ3n) is 3.96. The number of hydrogen-bond donors (Lipinski definition) is 0. The van der Waals surface area contributed by atoms with Crippen molar-refractivity contribution in [2.24, 2.45) is 0 Å². The molecular weight excluding hydrogens is 258 g/mol. The molecule has 0 radical (unpaired) electrons. The minimum atomic E-state index is 0.0340. The Bertz CT molecular complexity index is 809. The zero-order valence-corrected chi connectivity index (χ0v) is 12.7. The normalized spacial score (nSPS) is 11.0. The van der Waals surface area contributed by atoms with Gasteiger partial charge in [0.1, 0.15) is 0 Å². The predicted molar refractivity (Wildman–Crippen MR) is 87.0 cm³/mol. The van der Waals surface area contributed by atoms with E-state index in [4.69, 9.17) is 0 Å². The van der Waals surface area contributed by atoms with Gasteiger partial charge in [0.05, 0.1) is 5.52 Å². The van der Waals surface area contributed by atoms with E-state index in [0.29, 0.717) is 0 Å². The molecule has 106 valence electrons. The molecule has 3 aromatic rings. The Balaban J connectivity index is 2.13. The van der Waals surface area contributed by atoms with Gasteiger partial charge in [-0.1, -0.05) is 30.7 Å². The van der Waals surface area contributed by atoms with Crippen LogP contribution in [-0.4, -0.2) is 10.5 Å². The van der Waals surface area contributed by atoms with Crippen LogP contribution in [0.1, 0.15) is 34.1 Å². The van der Waals surface area contributed by atoms with Crippen molar-refractivity contribution in [3.8, 4) is 0 Å². The van der Waals surface area contributed by atoms with Crippen LogP contribution in [0.4, 0.5) is 0 Å². The smallest absolute Gasteiger partial charge is 0.262 e. The van der Waals surface area contributed by atoms with Gasteiger partial charge in [0.25, 0.3) is 5.91 Å². The summed E-state index contributed by atoms with van der Waals surface area (Å²) in [5, 5.41) is 1.13. The third kappa shape index (κ3) is 2.38. The lowest BCUT2D eigenvalue weighted by Crippen LogP contribution is -2.13. The van der Waals surface area contributed by atoms with Crippen LogP contribution in [0, 0.1) is 13.8 Å². The topological polar surface area (TPSA) is 22.0 Å². The van der Waals surface area contributed by atoms with Crippen molar-refractivity contribution >= 4 is 16.8 Å². The van der Waals surface area contributed by atoms with Crippen molar-refractivity contribution in [1.29, 1.82) is 0 Å². The molecule has 2 nitrogen and oxygen atoms in total. The third-order valence-corrected chi connectivity index (χ3v) is 3.96. The Hall–Kier alpha value is -2.35.